The zero-order valence-corrected chi connectivity index (χ0v) is 42.4. The average molecular weight is 1030 g/mol. The molecule has 0 heterocycles. The Bertz CT molecular complexity index is 2080. The maximum atomic E-state index is 14.2. The van der Waals surface area contributed by atoms with Gasteiger partial charge < -0.3 is 48.1 Å². The van der Waals surface area contributed by atoms with Gasteiger partial charge in [0, 0.05) is 117 Å². The van der Waals surface area contributed by atoms with Crippen molar-refractivity contribution in [3.05, 3.63) is 0 Å². The van der Waals surface area contributed by atoms with E-state index in [0.29, 0.717) is 83.6 Å². The summed E-state index contributed by atoms with van der Waals surface area (Å²) in [5, 5.41) is 43.3. The van der Waals surface area contributed by atoms with Crippen LogP contribution in [-0.2, 0) is 52.7 Å². The number of amides is 5. The maximum absolute atomic E-state index is 14.2. The monoisotopic (exact) mass is 1020 g/mol. The van der Waals surface area contributed by atoms with Crippen molar-refractivity contribution < 1.29 is 68.1 Å². The molecule has 6 fully saturated rings. The molecule has 73 heavy (non-hydrogen) atoms. The first-order valence-electron chi connectivity index (χ1n) is 27.1. The molecule has 0 aromatic heterocycles. The summed E-state index contributed by atoms with van der Waals surface area (Å²) in [5.41, 5.74) is 10.8. The summed E-state index contributed by atoms with van der Waals surface area (Å²) in [6, 6.07) is -2.35. The number of unbranched alkanes of at least 4 members (excludes halogenated alkanes) is 1. The molecular formula is C53H80N6O14. The fourth-order valence-electron chi connectivity index (χ4n) is 13.4. The van der Waals surface area contributed by atoms with E-state index in [-0.39, 0.29) is 124 Å². The number of carbonyl (C=O) groups is 11. The van der Waals surface area contributed by atoms with Gasteiger partial charge in [-0.15, -0.1) is 0 Å². The van der Waals surface area contributed by atoms with Gasteiger partial charge in [-0.2, -0.15) is 0 Å². The van der Waals surface area contributed by atoms with Crippen LogP contribution in [0.1, 0.15) is 161 Å². The molecule has 6 aliphatic rings. The third kappa shape index (κ3) is 15.2. The summed E-state index contributed by atoms with van der Waals surface area (Å²) in [6.45, 7) is 1.78. The highest BCUT2D eigenvalue weighted by Crippen LogP contribution is 2.43. The van der Waals surface area contributed by atoms with Crippen molar-refractivity contribution in [1.29, 1.82) is 0 Å². The Morgan fingerprint density at radius 1 is 0.466 bits per heavy atom. The summed E-state index contributed by atoms with van der Waals surface area (Å²) in [7, 11) is 0. The molecule has 11 N–H and O–H groups in total. The Morgan fingerprint density at radius 2 is 0.822 bits per heavy atom. The minimum absolute atomic E-state index is 0.0541. The summed E-state index contributed by atoms with van der Waals surface area (Å²) >= 11 is 0. The first-order valence-corrected chi connectivity index (χ1v) is 27.1. The van der Waals surface area contributed by atoms with E-state index >= 15 is 0 Å². The number of nitrogens with one attached hydrogen (secondary N) is 4. The zero-order chi connectivity index (χ0) is 53.1. The van der Waals surface area contributed by atoms with Crippen LogP contribution < -0.4 is 32.7 Å². The van der Waals surface area contributed by atoms with Crippen LogP contribution in [0.2, 0.25) is 0 Å². The Balaban J connectivity index is 0.968. The molecule has 0 aromatic carbocycles. The molecule has 20 heteroatoms. The van der Waals surface area contributed by atoms with Crippen molar-refractivity contribution in [3.63, 3.8) is 0 Å². The van der Waals surface area contributed by atoms with Gasteiger partial charge >= 0.3 is 0 Å². The fourth-order valence-corrected chi connectivity index (χ4v) is 13.4. The van der Waals surface area contributed by atoms with Crippen molar-refractivity contribution in [2.75, 3.05) is 6.54 Å². The van der Waals surface area contributed by atoms with Gasteiger partial charge in [-0.05, 0) is 103 Å². The van der Waals surface area contributed by atoms with E-state index in [2.05, 4.69) is 21.3 Å². The third-order valence-corrected chi connectivity index (χ3v) is 17.1. The molecule has 6 aliphatic carbocycles. The lowest BCUT2D eigenvalue weighted by atomic mass is 9.80. The van der Waals surface area contributed by atoms with Gasteiger partial charge in [0.2, 0.25) is 29.5 Å². The van der Waals surface area contributed by atoms with Crippen LogP contribution in [0.5, 0.6) is 0 Å². The number of aliphatic hydroxyl groups excluding tert-OH is 3. The lowest BCUT2D eigenvalue weighted by molar-refractivity contribution is -0.135. The standard InChI is InChI=1S/C53H80N6O14/c1-27(60)56-43(10-2-3-20-54)53(73)59-42-13-6-9-33(42)52(72)39-26-30(63)23-36(39)46(66)16-19-49(69)58-41-12-5-8-32(41)51(71)38-25-29(62)22-35(38)45(65)15-18-48(68)57-40-11-4-7-31(40)50(70)37-24-28(61)21-34(37)44(64)14-17-47(55)67/h28-43,61-63H,2-26,54H2,1H3,(H2,55,67)(H,56,60)(H,57,68)(H,58,69)(H,59,73)/t28?,29?,30?,31-,32-,33-,34-,35-,36-,37?,38?,39?,40?,41?,42?,43+/m1/s1. The summed E-state index contributed by atoms with van der Waals surface area (Å²) in [6.07, 6.45) is 3.50. The molecule has 0 radical (unpaired) electrons. The van der Waals surface area contributed by atoms with Crippen LogP contribution in [0.4, 0.5) is 0 Å². The second-order valence-electron chi connectivity index (χ2n) is 22.2. The van der Waals surface area contributed by atoms with Gasteiger partial charge in [-0.1, -0.05) is 19.3 Å². The Hall–Kier alpha value is -4.79. The van der Waals surface area contributed by atoms with Crippen LogP contribution in [0.25, 0.3) is 0 Å². The molecule has 0 aliphatic heterocycles. The highest BCUT2D eigenvalue weighted by molar-refractivity contribution is 5.97. The van der Waals surface area contributed by atoms with E-state index in [9.17, 15) is 68.1 Å². The minimum Gasteiger partial charge on any atom is -0.393 e. The molecule has 6 rings (SSSR count). The number of Topliss-reactive ketones (excluding diaryl/α,β-unsaturated/α-hetero) is 6. The van der Waals surface area contributed by atoms with Gasteiger partial charge in [0.25, 0.3) is 0 Å². The van der Waals surface area contributed by atoms with Crippen LogP contribution in [0, 0.1) is 53.3 Å². The van der Waals surface area contributed by atoms with Gasteiger partial charge in [0.05, 0.1) is 18.3 Å². The van der Waals surface area contributed by atoms with Crippen LogP contribution in [-0.4, -0.2) is 129 Å². The van der Waals surface area contributed by atoms with E-state index < -0.39 is 113 Å². The quantitative estimate of drug-likeness (QED) is 0.0516. The predicted molar refractivity (Wildman–Crippen MR) is 262 cm³/mol. The number of rotatable bonds is 27. The Labute approximate surface area is 427 Å². The van der Waals surface area contributed by atoms with E-state index in [0.717, 1.165) is 0 Å². The van der Waals surface area contributed by atoms with E-state index in [1.807, 2.05) is 0 Å². The topological polar surface area (TPSA) is 349 Å². The fraction of sp³-hybridized carbons (Fsp3) is 0.792. The summed E-state index contributed by atoms with van der Waals surface area (Å²) in [5.74, 6) is -10.4. The second-order valence-corrected chi connectivity index (χ2v) is 22.2. The van der Waals surface area contributed by atoms with Crippen molar-refractivity contribution in [1.82, 2.24) is 21.3 Å². The molecular weight excluding hydrogens is 945 g/mol. The highest BCUT2D eigenvalue weighted by Gasteiger charge is 2.50. The number of aliphatic hydroxyl groups is 3. The van der Waals surface area contributed by atoms with Crippen molar-refractivity contribution in [2.24, 2.45) is 64.7 Å². The number of primary amides is 1. The van der Waals surface area contributed by atoms with Gasteiger partial charge in [0.15, 0.2) is 0 Å². The summed E-state index contributed by atoms with van der Waals surface area (Å²) < 4.78 is 0. The molecule has 5 amide bonds. The maximum Gasteiger partial charge on any atom is 0.242 e. The summed E-state index contributed by atoms with van der Waals surface area (Å²) in [4.78, 5) is 146. The molecule has 406 valence electrons. The SMILES string of the molecule is CC(=O)N[C@@H](CCCCN)C(=O)NC1CCC[C@H]1C(=O)C1CC(O)C[C@H]1C(=O)CCC(=O)NC1CCC[C@H]1C(=O)C1CC(O)C[C@H]1C(=O)CCC(=O)NC1CCC[C@H]1C(=O)C1CC(O)C[C@H]1C(=O)CCC(N)=O. The lowest BCUT2D eigenvalue weighted by Gasteiger charge is -2.27. The molecule has 9 unspecified atom stereocenters. The lowest BCUT2D eigenvalue weighted by Crippen LogP contribution is -2.51. The first kappa shape index (κ1) is 57.5. The van der Waals surface area contributed by atoms with E-state index in [1.54, 1.807) is 0 Å². The molecule has 0 aromatic rings. The van der Waals surface area contributed by atoms with Crippen molar-refractivity contribution >= 4 is 64.2 Å². The third-order valence-electron chi connectivity index (χ3n) is 17.1. The molecule has 0 bridgehead atoms. The number of ketones is 6. The van der Waals surface area contributed by atoms with E-state index in [1.165, 1.54) is 6.92 Å². The number of nitrogens with two attached hydrogens (primary N) is 2. The smallest absolute Gasteiger partial charge is 0.242 e. The Kier molecular flexibility index (Phi) is 21.0. The van der Waals surface area contributed by atoms with Crippen LogP contribution in [0.3, 0.4) is 0 Å². The van der Waals surface area contributed by atoms with Crippen LogP contribution in [0.15, 0.2) is 0 Å². The van der Waals surface area contributed by atoms with Crippen LogP contribution >= 0.6 is 0 Å². The van der Waals surface area contributed by atoms with Crippen molar-refractivity contribution in [2.45, 2.75) is 204 Å². The number of carbonyl (C=O) groups excluding carboxylic acids is 11. The molecule has 20 nitrogen and oxygen atoms in total. The second kappa shape index (κ2) is 26.6. The minimum atomic E-state index is -0.912. The highest BCUT2D eigenvalue weighted by atomic mass is 16.3. The predicted octanol–water partition coefficient (Wildman–Crippen LogP) is 0.877. The van der Waals surface area contributed by atoms with Gasteiger partial charge in [-0.3, -0.25) is 52.7 Å². The normalized spacial score (nSPS) is 33.2. The number of hydrogen-bond acceptors (Lipinski definition) is 15. The first-order chi connectivity index (χ1) is 34.8. The van der Waals surface area contributed by atoms with Crippen molar-refractivity contribution in [3.8, 4) is 0 Å². The van der Waals surface area contributed by atoms with E-state index in [4.69, 9.17) is 11.5 Å². The molecule has 0 spiro atoms. The number of hydrogen-bond donors (Lipinski definition) is 9. The van der Waals surface area contributed by atoms with Gasteiger partial charge in [0.1, 0.15) is 40.7 Å². The largest absolute Gasteiger partial charge is 0.393 e. The van der Waals surface area contributed by atoms with Gasteiger partial charge in [-0.25, -0.2) is 0 Å². The molecule has 6 saturated carbocycles. The zero-order valence-electron chi connectivity index (χ0n) is 42.4. The molecule has 16 atom stereocenters. The average Bonchev–Trinajstić information content (AvgIpc) is 4.22. The molecule has 0 saturated heterocycles. The Morgan fingerprint density at radius 3 is 1.18 bits per heavy atom.